The molecule has 1 unspecified atom stereocenters. The molecule has 0 saturated carbocycles. The summed E-state index contributed by atoms with van der Waals surface area (Å²) in [7, 11) is -1.30. The van der Waals surface area contributed by atoms with E-state index in [4.69, 9.17) is 4.74 Å². The molecule has 2 atom stereocenters. The number of esters is 1. The van der Waals surface area contributed by atoms with Crippen molar-refractivity contribution in [2.24, 2.45) is 5.92 Å². The molecule has 0 spiro atoms. The standard InChI is InChI=1S/C21H25FN2O5S/c1-14(2)18(23-30(27,28)17-13-9-8-12-16(17)22)21(26)29-19(20(25)24(3)4)15-10-6-5-7-11-15/h5-14,18-19,23H,1-4H3/t18-,19?/m0/s1. The Labute approximate surface area is 175 Å². The zero-order valence-corrected chi connectivity index (χ0v) is 18.0. The highest BCUT2D eigenvalue weighted by Gasteiger charge is 2.35. The predicted octanol–water partition coefficient (Wildman–Crippen LogP) is 2.50. The van der Waals surface area contributed by atoms with E-state index in [0.29, 0.717) is 5.56 Å². The summed E-state index contributed by atoms with van der Waals surface area (Å²) in [5.74, 6) is -2.88. The highest BCUT2D eigenvalue weighted by atomic mass is 32.2. The van der Waals surface area contributed by atoms with Gasteiger partial charge in [-0.05, 0) is 18.1 Å². The molecule has 0 aliphatic heterocycles. The summed E-state index contributed by atoms with van der Waals surface area (Å²) in [6.45, 7) is 3.22. The number of ether oxygens (including phenoxy) is 1. The van der Waals surface area contributed by atoms with Crippen LogP contribution in [0, 0.1) is 11.7 Å². The number of carbonyl (C=O) groups excluding carboxylic acids is 2. The fourth-order valence-electron chi connectivity index (χ4n) is 2.66. The fraction of sp³-hybridized carbons (Fsp3) is 0.333. The Morgan fingerprint density at radius 1 is 1.00 bits per heavy atom. The van der Waals surface area contributed by atoms with Crippen molar-refractivity contribution in [2.75, 3.05) is 14.1 Å². The molecule has 7 nitrogen and oxygen atoms in total. The topological polar surface area (TPSA) is 92.8 Å². The maximum absolute atomic E-state index is 14.0. The third kappa shape index (κ3) is 5.64. The molecular weight excluding hydrogens is 411 g/mol. The number of nitrogens with zero attached hydrogens (tertiary/aromatic N) is 1. The van der Waals surface area contributed by atoms with E-state index in [-0.39, 0.29) is 0 Å². The van der Waals surface area contributed by atoms with Crippen LogP contribution in [0.25, 0.3) is 0 Å². The third-order valence-corrected chi connectivity index (χ3v) is 5.80. The van der Waals surface area contributed by atoms with Crippen LogP contribution < -0.4 is 4.72 Å². The molecule has 1 N–H and O–H groups in total. The molecule has 0 aliphatic rings. The number of carbonyl (C=O) groups is 2. The van der Waals surface area contributed by atoms with Gasteiger partial charge in [0.2, 0.25) is 16.1 Å². The number of rotatable bonds is 8. The molecule has 2 aromatic rings. The number of amides is 1. The first-order chi connectivity index (χ1) is 14.0. The minimum atomic E-state index is -4.34. The van der Waals surface area contributed by atoms with Gasteiger partial charge in [0.25, 0.3) is 5.91 Å². The van der Waals surface area contributed by atoms with E-state index in [9.17, 15) is 22.4 Å². The Balaban J connectivity index is 2.31. The van der Waals surface area contributed by atoms with Crippen molar-refractivity contribution in [1.82, 2.24) is 9.62 Å². The molecule has 0 radical (unpaired) electrons. The van der Waals surface area contributed by atoms with Crippen LogP contribution >= 0.6 is 0 Å². The van der Waals surface area contributed by atoms with Crippen molar-refractivity contribution >= 4 is 21.9 Å². The predicted molar refractivity (Wildman–Crippen MR) is 109 cm³/mol. The number of likely N-dealkylation sites (N-methyl/N-ethyl adjacent to an activating group) is 1. The fourth-order valence-corrected chi connectivity index (χ4v) is 4.07. The van der Waals surface area contributed by atoms with Gasteiger partial charge >= 0.3 is 5.97 Å². The van der Waals surface area contributed by atoms with Crippen LogP contribution in [0.15, 0.2) is 59.5 Å². The Bertz CT molecular complexity index is 993. The molecular formula is C21H25FN2O5S. The molecule has 30 heavy (non-hydrogen) atoms. The minimum absolute atomic E-state index is 0.448. The molecule has 1 amide bonds. The van der Waals surface area contributed by atoms with Gasteiger partial charge in [0.15, 0.2) is 0 Å². The van der Waals surface area contributed by atoms with Crippen molar-refractivity contribution in [3.05, 3.63) is 66.0 Å². The van der Waals surface area contributed by atoms with Gasteiger partial charge in [-0.2, -0.15) is 4.72 Å². The van der Waals surface area contributed by atoms with Gasteiger partial charge in [-0.15, -0.1) is 0 Å². The summed E-state index contributed by atoms with van der Waals surface area (Å²) in [5.41, 5.74) is 0.448. The Morgan fingerprint density at radius 3 is 2.10 bits per heavy atom. The van der Waals surface area contributed by atoms with Crippen molar-refractivity contribution in [1.29, 1.82) is 0 Å². The van der Waals surface area contributed by atoms with Gasteiger partial charge in [-0.25, -0.2) is 12.8 Å². The lowest BCUT2D eigenvalue weighted by Gasteiger charge is -2.26. The largest absolute Gasteiger partial charge is 0.446 e. The lowest BCUT2D eigenvalue weighted by Crippen LogP contribution is -2.46. The van der Waals surface area contributed by atoms with E-state index in [2.05, 4.69) is 4.72 Å². The molecule has 0 bridgehead atoms. The van der Waals surface area contributed by atoms with Crippen LogP contribution in [0.5, 0.6) is 0 Å². The van der Waals surface area contributed by atoms with Crippen LogP contribution in [0.1, 0.15) is 25.5 Å². The van der Waals surface area contributed by atoms with Crippen LogP contribution in [0.2, 0.25) is 0 Å². The molecule has 162 valence electrons. The van der Waals surface area contributed by atoms with E-state index in [0.717, 1.165) is 12.1 Å². The highest BCUT2D eigenvalue weighted by molar-refractivity contribution is 7.89. The van der Waals surface area contributed by atoms with Crippen LogP contribution in [0.4, 0.5) is 4.39 Å². The average molecular weight is 437 g/mol. The number of benzene rings is 2. The smallest absolute Gasteiger partial charge is 0.325 e. The molecule has 0 fully saturated rings. The second-order valence-electron chi connectivity index (χ2n) is 7.23. The Kier molecular flexibility index (Phi) is 7.69. The average Bonchev–Trinajstić information content (AvgIpc) is 2.70. The zero-order valence-electron chi connectivity index (χ0n) is 17.2. The maximum Gasteiger partial charge on any atom is 0.325 e. The van der Waals surface area contributed by atoms with Crippen molar-refractivity contribution < 1.29 is 27.1 Å². The second-order valence-corrected chi connectivity index (χ2v) is 8.92. The lowest BCUT2D eigenvalue weighted by atomic mass is 10.1. The van der Waals surface area contributed by atoms with Crippen molar-refractivity contribution in [2.45, 2.75) is 30.9 Å². The Morgan fingerprint density at radius 2 is 1.57 bits per heavy atom. The third-order valence-electron chi connectivity index (χ3n) is 4.33. The number of nitrogens with one attached hydrogen (secondary N) is 1. The number of hydrogen-bond acceptors (Lipinski definition) is 5. The van der Waals surface area contributed by atoms with Crippen molar-refractivity contribution in [3.8, 4) is 0 Å². The summed E-state index contributed by atoms with van der Waals surface area (Å²) >= 11 is 0. The normalized spacial score (nSPS) is 13.5. The summed E-state index contributed by atoms with van der Waals surface area (Å²) in [5, 5.41) is 0. The van der Waals surface area contributed by atoms with Gasteiger partial charge in [-0.1, -0.05) is 56.3 Å². The zero-order chi connectivity index (χ0) is 22.5. The van der Waals surface area contributed by atoms with Crippen LogP contribution in [0.3, 0.4) is 0 Å². The van der Waals surface area contributed by atoms with Gasteiger partial charge in [0, 0.05) is 19.7 Å². The molecule has 0 heterocycles. The molecule has 0 aromatic heterocycles. The van der Waals surface area contributed by atoms with Gasteiger partial charge in [0.1, 0.15) is 16.8 Å². The summed E-state index contributed by atoms with van der Waals surface area (Å²) in [6, 6.07) is 11.9. The second kappa shape index (κ2) is 9.82. The summed E-state index contributed by atoms with van der Waals surface area (Å²) in [4.78, 5) is 26.2. The maximum atomic E-state index is 14.0. The first-order valence-corrected chi connectivity index (χ1v) is 10.8. The summed E-state index contributed by atoms with van der Waals surface area (Å²) in [6.07, 6.45) is -1.24. The van der Waals surface area contributed by atoms with E-state index in [1.807, 2.05) is 0 Å². The van der Waals surface area contributed by atoms with E-state index < -0.39 is 50.7 Å². The molecule has 2 rings (SSSR count). The van der Waals surface area contributed by atoms with E-state index in [1.165, 1.54) is 31.1 Å². The molecule has 9 heteroatoms. The van der Waals surface area contributed by atoms with Gasteiger partial charge in [-0.3, -0.25) is 9.59 Å². The van der Waals surface area contributed by atoms with Gasteiger partial charge in [0.05, 0.1) is 0 Å². The minimum Gasteiger partial charge on any atom is -0.446 e. The van der Waals surface area contributed by atoms with Gasteiger partial charge < -0.3 is 9.64 Å². The first kappa shape index (κ1) is 23.5. The number of sulfonamides is 1. The highest BCUT2D eigenvalue weighted by Crippen LogP contribution is 2.22. The lowest BCUT2D eigenvalue weighted by molar-refractivity contribution is -0.162. The van der Waals surface area contributed by atoms with Crippen LogP contribution in [-0.4, -0.2) is 45.3 Å². The van der Waals surface area contributed by atoms with E-state index >= 15 is 0 Å². The molecule has 0 saturated heterocycles. The Hall–Kier alpha value is -2.78. The number of halogens is 1. The summed E-state index contributed by atoms with van der Waals surface area (Å²) < 4.78 is 46.9. The first-order valence-electron chi connectivity index (χ1n) is 9.28. The number of hydrogen-bond donors (Lipinski definition) is 1. The molecule has 2 aromatic carbocycles. The van der Waals surface area contributed by atoms with Crippen LogP contribution in [-0.2, 0) is 24.3 Å². The SMILES string of the molecule is CC(C)[C@H](NS(=O)(=O)c1ccccc1F)C(=O)OC(C(=O)N(C)C)c1ccccc1. The monoisotopic (exact) mass is 436 g/mol. The quantitative estimate of drug-likeness (QED) is 0.642. The molecule has 0 aliphatic carbocycles. The van der Waals surface area contributed by atoms with E-state index in [1.54, 1.807) is 44.2 Å². The van der Waals surface area contributed by atoms with Crippen molar-refractivity contribution in [3.63, 3.8) is 0 Å².